The van der Waals surface area contributed by atoms with Crippen LogP contribution in [0.25, 0.3) is 0 Å². The van der Waals surface area contributed by atoms with Crippen LogP contribution in [-0.2, 0) is 21.4 Å². The lowest BCUT2D eigenvalue weighted by Crippen LogP contribution is -2.21. The van der Waals surface area contributed by atoms with Gasteiger partial charge in [0.25, 0.3) is 10.0 Å². The van der Waals surface area contributed by atoms with Gasteiger partial charge >= 0.3 is 18.1 Å². The first kappa shape index (κ1) is 29.2. The molecule has 0 saturated heterocycles. The number of nitrogens with one attached hydrogen (secondary N) is 1. The number of aliphatic carboxylic acids is 1. The Balaban J connectivity index is 0.000000604. The molecule has 0 heterocycles. The second-order valence-electron chi connectivity index (χ2n) is 8.11. The predicted molar refractivity (Wildman–Crippen MR) is 132 cm³/mol. The summed E-state index contributed by atoms with van der Waals surface area (Å²) in [6.45, 7) is 4.19. The van der Waals surface area contributed by atoms with Crippen molar-refractivity contribution in [3.8, 4) is 0 Å². The quantitative estimate of drug-likeness (QED) is 0.384. The third kappa shape index (κ3) is 8.53. The zero-order valence-corrected chi connectivity index (χ0v) is 20.9. The van der Waals surface area contributed by atoms with Crippen molar-refractivity contribution >= 4 is 33.3 Å². The van der Waals surface area contributed by atoms with Crippen molar-refractivity contribution in [3.05, 3.63) is 89.0 Å². The highest BCUT2D eigenvalue weighted by Gasteiger charge is 2.38. The molecule has 198 valence electrons. The number of alkyl halides is 3. The lowest BCUT2D eigenvalue weighted by Gasteiger charge is -2.23. The Kier molecular flexibility index (Phi) is 9.29. The van der Waals surface area contributed by atoms with Crippen molar-refractivity contribution in [1.29, 1.82) is 0 Å². The molecule has 0 aliphatic rings. The molecule has 0 amide bonds. The minimum atomic E-state index is -5.08. The SMILES string of the molecule is Cc1cc(C)cc(S(=O)(=O)Nc2cc(C(=O)O)ccc2N(C)Cc2ccccc2)c1.O=C(O)C(F)(F)F. The number of sulfonamides is 1. The smallest absolute Gasteiger partial charge is 0.478 e. The maximum Gasteiger partial charge on any atom is 0.490 e. The van der Waals surface area contributed by atoms with Gasteiger partial charge in [-0.25, -0.2) is 18.0 Å². The van der Waals surface area contributed by atoms with Crippen molar-refractivity contribution in [2.24, 2.45) is 0 Å². The molecule has 3 aromatic carbocycles. The fourth-order valence-corrected chi connectivity index (χ4v) is 4.57. The molecular weight excluding hydrogens is 513 g/mol. The Bertz CT molecular complexity index is 1360. The number of aryl methyl sites for hydroxylation is 2. The van der Waals surface area contributed by atoms with E-state index in [9.17, 15) is 31.5 Å². The summed E-state index contributed by atoms with van der Waals surface area (Å²) in [6, 6.07) is 19.2. The van der Waals surface area contributed by atoms with Crippen LogP contribution in [0.3, 0.4) is 0 Å². The van der Waals surface area contributed by atoms with E-state index < -0.39 is 28.1 Å². The first-order valence-corrected chi connectivity index (χ1v) is 12.1. The van der Waals surface area contributed by atoms with E-state index in [1.54, 1.807) is 18.2 Å². The number of hydrogen-bond donors (Lipinski definition) is 3. The lowest BCUT2D eigenvalue weighted by molar-refractivity contribution is -0.192. The molecule has 0 aliphatic heterocycles. The van der Waals surface area contributed by atoms with E-state index in [2.05, 4.69) is 4.72 Å². The zero-order chi connectivity index (χ0) is 28.0. The van der Waals surface area contributed by atoms with E-state index in [1.165, 1.54) is 12.1 Å². The van der Waals surface area contributed by atoms with Gasteiger partial charge in [-0.3, -0.25) is 4.72 Å². The Morgan fingerprint density at radius 1 is 0.919 bits per heavy atom. The Hall–Kier alpha value is -4.06. The number of aromatic carboxylic acids is 1. The first-order chi connectivity index (χ1) is 17.1. The van der Waals surface area contributed by atoms with Crippen LogP contribution in [0.15, 0.2) is 71.6 Å². The van der Waals surface area contributed by atoms with Crippen molar-refractivity contribution in [2.45, 2.75) is 31.5 Å². The molecule has 0 bridgehead atoms. The van der Waals surface area contributed by atoms with Gasteiger partial charge in [0.1, 0.15) is 0 Å². The molecule has 0 aromatic heterocycles. The van der Waals surface area contributed by atoms with E-state index >= 15 is 0 Å². The van der Waals surface area contributed by atoms with Crippen LogP contribution in [0.2, 0.25) is 0 Å². The molecular formula is C25H25F3N2O6S. The van der Waals surface area contributed by atoms with Crippen molar-refractivity contribution in [2.75, 3.05) is 16.7 Å². The number of rotatable bonds is 7. The number of halogens is 3. The summed E-state index contributed by atoms with van der Waals surface area (Å²) in [5, 5.41) is 16.5. The predicted octanol–water partition coefficient (Wildman–Crippen LogP) is 5.07. The average molecular weight is 539 g/mol. The molecule has 0 saturated carbocycles. The van der Waals surface area contributed by atoms with Crippen LogP contribution in [0.5, 0.6) is 0 Å². The third-order valence-corrected chi connectivity index (χ3v) is 6.25. The molecule has 0 spiro atoms. The first-order valence-electron chi connectivity index (χ1n) is 10.6. The standard InChI is InChI=1S/C23H24N2O4S.C2HF3O2/c1-16-11-17(2)13-20(12-16)30(28,29)24-21-14-19(23(26)27)9-10-22(21)25(3)15-18-7-5-4-6-8-18;3-2(4,5)1(6)7/h4-14,24H,15H2,1-3H3,(H,26,27);(H,6,7). The zero-order valence-electron chi connectivity index (χ0n) is 20.1. The Labute approximate surface area is 212 Å². The number of hydrogen-bond acceptors (Lipinski definition) is 5. The van der Waals surface area contributed by atoms with Gasteiger partial charge in [-0.1, -0.05) is 36.4 Å². The molecule has 37 heavy (non-hydrogen) atoms. The molecule has 8 nitrogen and oxygen atoms in total. The van der Waals surface area contributed by atoms with Crippen molar-refractivity contribution in [1.82, 2.24) is 0 Å². The van der Waals surface area contributed by atoms with E-state index in [1.807, 2.05) is 62.2 Å². The molecule has 0 unspecified atom stereocenters. The number of nitrogens with zero attached hydrogens (tertiary/aromatic N) is 1. The number of benzene rings is 3. The monoisotopic (exact) mass is 538 g/mol. The number of anilines is 2. The molecule has 0 fully saturated rings. The topological polar surface area (TPSA) is 124 Å². The maximum atomic E-state index is 13.0. The summed E-state index contributed by atoms with van der Waals surface area (Å²) < 4.78 is 60.4. The van der Waals surface area contributed by atoms with Crippen LogP contribution in [0.1, 0.15) is 27.0 Å². The largest absolute Gasteiger partial charge is 0.490 e. The van der Waals surface area contributed by atoms with Crippen LogP contribution < -0.4 is 9.62 Å². The van der Waals surface area contributed by atoms with Crippen molar-refractivity contribution in [3.63, 3.8) is 0 Å². The van der Waals surface area contributed by atoms with Gasteiger partial charge in [-0.05, 0) is 60.9 Å². The molecule has 3 rings (SSSR count). The Morgan fingerprint density at radius 2 is 1.46 bits per heavy atom. The minimum absolute atomic E-state index is 0.00461. The fraction of sp³-hybridized carbons (Fsp3) is 0.200. The summed E-state index contributed by atoms with van der Waals surface area (Å²) in [7, 11) is -2.07. The summed E-state index contributed by atoms with van der Waals surface area (Å²) in [5.41, 5.74) is 3.51. The van der Waals surface area contributed by atoms with Gasteiger partial charge in [0.05, 0.1) is 21.8 Å². The highest BCUT2D eigenvalue weighted by Crippen LogP contribution is 2.30. The summed E-state index contributed by atoms with van der Waals surface area (Å²) in [6.07, 6.45) is -5.08. The molecule has 0 aliphatic carbocycles. The second kappa shape index (κ2) is 11.8. The highest BCUT2D eigenvalue weighted by atomic mass is 32.2. The van der Waals surface area contributed by atoms with Crippen LogP contribution in [-0.4, -0.2) is 43.8 Å². The summed E-state index contributed by atoms with van der Waals surface area (Å²) in [4.78, 5) is 22.4. The average Bonchev–Trinajstić information content (AvgIpc) is 2.78. The molecule has 0 radical (unpaired) electrons. The second-order valence-corrected chi connectivity index (χ2v) is 9.79. The molecule has 0 atom stereocenters. The number of carboxylic acid groups (broad SMARTS) is 2. The third-order valence-electron chi connectivity index (χ3n) is 4.91. The van der Waals surface area contributed by atoms with Gasteiger partial charge < -0.3 is 15.1 Å². The van der Waals surface area contributed by atoms with E-state index in [4.69, 9.17) is 9.90 Å². The van der Waals surface area contributed by atoms with Gasteiger partial charge in [0, 0.05) is 13.6 Å². The fourth-order valence-electron chi connectivity index (χ4n) is 3.32. The molecule has 3 N–H and O–H groups in total. The number of carbonyl (C=O) groups is 2. The van der Waals surface area contributed by atoms with Crippen LogP contribution in [0, 0.1) is 13.8 Å². The van der Waals surface area contributed by atoms with Crippen molar-refractivity contribution < 1.29 is 41.4 Å². The van der Waals surface area contributed by atoms with Gasteiger partial charge in [0.2, 0.25) is 0 Å². The normalized spacial score (nSPS) is 11.2. The van der Waals surface area contributed by atoms with Gasteiger partial charge in [-0.2, -0.15) is 13.2 Å². The van der Waals surface area contributed by atoms with Crippen LogP contribution in [0.4, 0.5) is 24.5 Å². The number of carboxylic acids is 2. The van der Waals surface area contributed by atoms with E-state index in [0.717, 1.165) is 16.7 Å². The van der Waals surface area contributed by atoms with Crippen LogP contribution >= 0.6 is 0 Å². The maximum absolute atomic E-state index is 13.0. The minimum Gasteiger partial charge on any atom is -0.478 e. The summed E-state index contributed by atoms with van der Waals surface area (Å²) >= 11 is 0. The van der Waals surface area contributed by atoms with Gasteiger partial charge in [-0.15, -0.1) is 0 Å². The highest BCUT2D eigenvalue weighted by molar-refractivity contribution is 7.92. The molecule has 3 aromatic rings. The van der Waals surface area contributed by atoms with E-state index in [-0.39, 0.29) is 16.1 Å². The molecule has 12 heteroatoms. The van der Waals surface area contributed by atoms with Gasteiger partial charge in [0.15, 0.2) is 0 Å². The lowest BCUT2D eigenvalue weighted by atomic mass is 10.1. The van der Waals surface area contributed by atoms with E-state index in [0.29, 0.717) is 12.2 Å². The Morgan fingerprint density at radius 3 is 1.95 bits per heavy atom. The summed E-state index contributed by atoms with van der Waals surface area (Å²) in [5.74, 6) is -3.88.